The van der Waals surface area contributed by atoms with Crippen molar-refractivity contribution in [1.29, 1.82) is 0 Å². The van der Waals surface area contributed by atoms with Crippen LogP contribution in [0.25, 0.3) is 11.1 Å². The van der Waals surface area contributed by atoms with Gasteiger partial charge in [0.15, 0.2) is 0 Å². The number of nitrogens with zero attached hydrogens (tertiary/aromatic N) is 3. The van der Waals surface area contributed by atoms with Crippen molar-refractivity contribution in [3.05, 3.63) is 63.2 Å². The predicted molar refractivity (Wildman–Crippen MR) is 157 cm³/mol. The number of oxime groups is 2. The van der Waals surface area contributed by atoms with E-state index in [2.05, 4.69) is 29.5 Å². The van der Waals surface area contributed by atoms with E-state index in [1.165, 1.54) is 19.9 Å². The first-order valence-electron chi connectivity index (χ1n) is 13.9. The van der Waals surface area contributed by atoms with Gasteiger partial charge in [-0.2, -0.15) is 0 Å². The number of benzene rings is 2. The third-order valence-electron chi connectivity index (χ3n) is 7.39. The fraction of sp³-hybridized carbons (Fsp3) is 0.467. The van der Waals surface area contributed by atoms with Crippen molar-refractivity contribution in [2.75, 3.05) is 6.54 Å². The Morgan fingerprint density at radius 2 is 1.61 bits per heavy atom. The van der Waals surface area contributed by atoms with Crippen molar-refractivity contribution in [1.82, 2.24) is 5.32 Å². The quantitative estimate of drug-likeness (QED) is 0.111. The maximum atomic E-state index is 11.8. The van der Waals surface area contributed by atoms with Gasteiger partial charge in [-0.25, -0.2) is 9.59 Å². The molecule has 0 radical (unpaired) electrons. The van der Waals surface area contributed by atoms with Gasteiger partial charge < -0.3 is 20.7 Å². The van der Waals surface area contributed by atoms with Crippen molar-refractivity contribution in [3.8, 4) is 11.1 Å². The molecule has 3 rings (SSSR count). The standard InChI is InChI=1S/C30H39N5O6/c1-7-9-15-32-30(28(31)10-8-2)26-16-22(11-13-24(26)25-14-12-23(35(38)39)17-27(25)30)29(34-41-21(6)37)18(3)19(4)33-40-20(5)36/h11-14,16-18,28,32H,7-10,15,31H2,1-6H3/b33-19+,34-29+. The Bertz CT molecular complexity index is 1370. The number of nitrogens with one attached hydrogen (secondary N) is 1. The van der Waals surface area contributed by atoms with Crippen molar-refractivity contribution in [2.24, 2.45) is 22.0 Å². The largest absolute Gasteiger partial charge is 0.331 e. The summed E-state index contributed by atoms with van der Waals surface area (Å²) in [5, 5.41) is 23.6. The van der Waals surface area contributed by atoms with Gasteiger partial charge in [0.05, 0.1) is 21.9 Å². The summed E-state index contributed by atoms with van der Waals surface area (Å²) in [6.45, 7) is 10.8. The van der Waals surface area contributed by atoms with Crippen LogP contribution in [0.1, 0.15) is 83.9 Å². The molecule has 11 heteroatoms. The van der Waals surface area contributed by atoms with E-state index in [4.69, 9.17) is 15.4 Å². The highest BCUT2D eigenvalue weighted by Gasteiger charge is 2.48. The molecule has 2 aromatic carbocycles. The van der Waals surface area contributed by atoms with Gasteiger partial charge in [0.25, 0.3) is 5.69 Å². The molecular weight excluding hydrogens is 526 g/mol. The molecule has 2 aromatic rings. The number of fused-ring (bicyclic) bond motifs is 3. The summed E-state index contributed by atoms with van der Waals surface area (Å²) in [5.41, 5.74) is 10.9. The Morgan fingerprint density at radius 3 is 2.20 bits per heavy atom. The number of nitrogens with two attached hydrogens (primary N) is 1. The molecule has 0 fully saturated rings. The second-order valence-corrected chi connectivity index (χ2v) is 10.3. The summed E-state index contributed by atoms with van der Waals surface area (Å²) >= 11 is 0. The van der Waals surface area contributed by atoms with Crippen molar-refractivity contribution < 1.29 is 24.2 Å². The second kappa shape index (κ2) is 13.6. The summed E-state index contributed by atoms with van der Waals surface area (Å²) in [7, 11) is 0. The molecule has 0 bridgehead atoms. The van der Waals surface area contributed by atoms with Crippen LogP contribution in [-0.4, -0.2) is 40.9 Å². The van der Waals surface area contributed by atoms with E-state index < -0.39 is 34.4 Å². The van der Waals surface area contributed by atoms with Crippen molar-refractivity contribution in [2.45, 2.75) is 78.8 Å². The summed E-state index contributed by atoms with van der Waals surface area (Å²) in [5.74, 6) is -1.65. The van der Waals surface area contributed by atoms with Gasteiger partial charge in [-0.15, -0.1) is 0 Å². The Morgan fingerprint density at radius 1 is 1.00 bits per heavy atom. The number of rotatable bonds is 13. The van der Waals surface area contributed by atoms with Crippen LogP contribution in [0.3, 0.4) is 0 Å². The first-order chi connectivity index (χ1) is 19.5. The first kappa shape index (κ1) is 31.6. The zero-order chi connectivity index (χ0) is 30.3. The summed E-state index contributed by atoms with van der Waals surface area (Å²) < 4.78 is 0. The number of non-ortho nitro benzene ring substituents is 1. The van der Waals surface area contributed by atoms with Crippen molar-refractivity contribution >= 4 is 29.0 Å². The highest BCUT2D eigenvalue weighted by atomic mass is 16.7. The van der Waals surface area contributed by atoms with E-state index >= 15 is 0 Å². The molecule has 0 saturated carbocycles. The fourth-order valence-corrected chi connectivity index (χ4v) is 5.24. The third-order valence-corrected chi connectivity index (χ3v) is 7.39. The van der Waals surface area contributed by atoms with Crippen LogP contribution in [0.2, 0.25) is 0 Å². The Kier molecular flexibility index (Phi) is 10.5. The molecular formula is C30H39N5O6. The maximum Gasteiger partial charge on any atom is 0.331 e. The van der Waals surface area contributed by atoms with Crippen LogP contribution < -0.4 is 11.1 Å². The zero-order valence-corrected chi connectivity index (χ0v) is 24.5. The third kappa shape index (κ3) is 6.68. The molecule has 0 saturated heterocycles. The second-order valence-electron chi connectivity index (χ2n) is 10.3. The highest BCUT2D eigenvalue weighted by molar-refractivity contribution is 6.14. The molecule has 1 aliphatic carbocycles. The number of carbonyl (C=O) groups excluding carboxylic acids is 2. The molecule has 11 nitrogen and oxygen atoms in total. The van der Waals surface area contributed by atoms with Crippen LogP contribution in [0, 0.1) is 16.0 Å². The van der Waals surface area contributed by atoms with E-state index in [0.29, 0.717) is 30.0 Å². The van der Waals surface area contributed by atoms with E-state index in [9.17, 15) is 19.7 Å². The smallest absolute Gasteiger partial charge is 0.326 e. The van der Waals surface area contributed by atoms with Crippen LogP contribution in [0.15, 0.2) is 46.7 Å². The molecule has 0 aliphatic heterocycles. The molecule has 41 heavy (non-hydrogen) atoms. The number of nitro benzene ring substituents is 1. The molecule has 3 N–H and O–H groups in total. The molecule has 3 unspecified atom stereocenters. The molecule has 1 aliphatic rings. The lowest BCUT2D eigenvalue weighted by Gasteiger charge is -2.39. The number of carbonyl (C=O) groups is 2. The van der Waals surface area contributed by atoms with Gasteiger partial charge in [-0.3, -0.25) is 10.1 Å². The van der Waals surface area contributed by atoms with E-state index in [-0.39, 0.29) is 5.69 Å². The maximum absolute atomic E-state index is 11.8. The summed E-state index contributed by atoms with van der Waals surface area (Å²) in [4.78, 5) is 44.4. The summed E-state index contributed by atoms with van der Waals surface area (Å²) in [6, 6.07) is 10.2. The lowest BCUT2D eigenvalue weighted by molar-refractivity contribution is -0.384. The van der Waals surface area contributed by atoms with Gasteiger partial charge >= 0.3 is 11.9 Å². The normalized spacial score (nSPS) is 17.8. The van der Waals surface area contributed by atoms with Crippen LogP contribution in [0.4, 0.5) is 5.69 Å². The number of nitro groups is 1. The molecule has 220 valence electrons. The molecule has 0 heterocycles. The van der Waals surface area contributed by atoms with Gasteiger partial charge in [-0.1, -0.05) is 56.1 Å². The monoisotopic (exact) mass is 565 g/mol. The van der Waals surface area contributed by atoms with Crippen LogP contribution in [0.5, 0.6) is 0 Å². The first-order valence-corrected chi connectivity index (χ1v) is 13.9. The predicted octanol–water partition coefficient (Wildman–Crippen LogP) is 5.18. The van der Waals surface area contributed by atoms with E-state index in [1.54, 1.807) is 19.1 Å². The lowest BCUT2D eigenvalue weighted by atomic mass is 9.77. The molecule has 0 aromatic heterocycles. The van der Waals surface area contributed by atoms with Gasteiger partial charge in [-0.05, 0) is 60.7 Å². The van der Waals surface area contributed by atoms with Crippen molar-refractivity contribution in [3.63, 3.8) is 0 Å². The highest BCUT2D eigenvalue weighted by Crippen LogP contribution is 2.51. The summed E-state index contributed by atoms with van der Waals surface area (Å²) in [6.07, 6.45) is 3.34. The van der Waals surface area contributed by atoms with Gasteiger partial charge in [0.1, 0.15) is 0 Å². The lowest BCUT2D eigenvalue weighted by Crippen LogP contribution is -2.55. The average molecular weight is 566 g/mol. The van der Waals surface area contributed by atoms with E-state index in [0.717, 1.165) is 41.5 Å². The minimum atomic E-state index is -0.908. The average Bonchev–Trinajstić information content (AvgIpc) is 3.21. The topological polar surface area (TPSA) is 159 Å². The Balaban J connectivity index is 2.29. The fourth-order valence-electron chi connectivity index (χ4n) is 5.24. The van der Waals surface area contributed by atoms with Gasteiger partial charge in [0, 0.05) is 43.5 Å². The molecule has 3 atom stereocenters. The Hall–Kier alpha value is -3.96. The molecule has 0 spiro atoms. The molecule has 0 amide bonds. The number of hydrogen-bond donors (Lipinski definition) is 2. The van der Waals surface area contributed by atoms with Crippen LogP contribution in [-0.2, 0) is 24.8 Å². The minimum Gasteiger partial charge on any atom is -0.326 e. The zero-order valence-electron chi connectivity index (χ0n) is 24.5. The van der Waals surface area contributed by atoms with Gasteiger partial charge in [0.2, 0.25) is 0 Å². The minimum absolute atomic E-state index is 0.00909. The SMILES string of the molecule is CCCCNC1(C(N)CCC)c2cc(/C(=N/OC(C)=O)C(C)/C(C)=N/OC(C)=O)ccc2-c2ccc([N+](=O)[O-])cc21. The number of hydrogen-bond acceptors (Lipinski definition) is 10. The number of unbranched alkanes of at least 4 members (excludes halogenated alkanes) is 1. The van der Waals surface area contributed by atoms with Crippen LogP contribution >= 0.6 is 0 Å². The van der Waals surface area contributed by atoms with E-state index in [1.807, 2.05) is 25.1 Å². The Labute approximate surface area is 240 Å².